The van der Waals surface area contributed by atoms with Gasteiger partial charge in [-0.15, -0.1) is 0 Å². The van der Waals surface area contributed by atoms with Crippen LogP contribution >= 0.6 is 0 Å². The highest BCUT2D eigenvalue weighted by molar-refractivity contribution is 4.96. The van der Waals surface area contributed by atoms with Gasteiger partial charge in [0.15, 0.2) is 0 Å². The molecule has 0 bridgehead atoms. The van der Waals surface area contributed by atoms with Gasteiger partial charge in [0, 0.05) is 0 Å². The van der Waals surface area contributed by atoms with Crippen LogP contribution in [0.4, 0.5) is 0 Å². The summed E-state index contributed by atoms with van der Waals surface area (Å²) in [5.41, 5.74) is 0.757. The van der Waals surface area contributed by atoms with Crippen LogP contribution in [0.1, 0.15) is 32.6 Å². The lowest BCUT2D eigenvalue weighted by Crippen LogP contribution is -2.33. The van der Waals surface area contributed by atoms with Crippen LogP contribution in [-0.4, -0.2) is 13.1 Å². The molecule has 0 spiro atoms. The lowest BCUT2D eigenvalue weighted by molar-refractivity contribution is 0.262. The van der Waals surface area contributed by atoms with Crippen molar-refractivity contribution in [1.29, 1.82) is 0 Å². The van der Waals surface area contributed by atoms with Crippen molar-refractivity contribution in [2.45, 2.75) is 32.6 Å². The zero-order valence-electron chi connectivity index (χ0n) is 6.82. The summed E-state index contributed by atoms with van der Waals surface area (Å²) >= 11 is 0. The summed E-state index contributed by atoms with van der Waals surface area (Å²) < 4.78 is 0. The minimum absolute atomic E-state index is 0.757. The maximum absolute atomic E-state index is 3.48. The third-order valence-corrected chi connectivity index (χ3v) is 3.32. The van der Waals surface area contributed by atoms with Crippen molar-refractivity contribution in [2.75, 3.05) is 13.1 Å². The zero-order chi connectivity index (χ0) is 7.03. The summed E-state index contributed by atoms with van der Waals surface area (Å²) in [6.45, 7) is 4.99. The van der Waals surface area contributed by atoms with E-state index < -0.39 is 0 Å². The molecule has 0 aromatic rings. The van der Waals surface area contributed by atoms with Gasteiger partial charge >= 0.3 is 0 Å². The molecular weight excluding hydrogens is 122 g/mol. The van der Waals surface area contributed by atoms with Crippen molar-refractivity contribution < 1.29 is 0 Å². The maximum atomic E-state index is 3.48. The number of rotatable bonds is 1. The quantitative estimate of drug-likeness (QED) is 0.584. The minimum Gasteiger partial charge on any atom is -0.316 e. The van der Waals surface area contributed by atoms with E-state index in [-0.39, 0.29) is 0 Å². The molecule has 10 heavy (non-hydrogen) atoms. The van der Waals surface area contributed by atoms with Crippen molar-refractivity contribution >= 4 is 0 Å². The number of hydrogen-bond donors (Lipinski definition) is 1. The van der Waals surface area contributed by atoms with E-state index in [4.69, 9.17) is 0 Å². The fourth-order valence-electron chi connectivity index (χ4n) is 2.05. The van der Waals surface area contributed by atoms with E-state index in [0.717, 1.165) is 11.3 Å². The monoisotopic (exact) mass is 139 g/mol. The SMILES string of the molecule is CC1(C2CCCNC2)CC1. The van der Waals surface area contributed by atoms with Crippen LogP contribution in [0, 0.1) is 11.3 Å². The molecule has 1 N–H and O–H groups in total. The Bertz CT molecular complexity index is 121. The van der Waals surface area contributed by atoms with Crippen LogP contribution in [0.5, 0.6) is 0 Å². The molecule has 0 aromatic heterocycles. The van der Waals surface area contributed by atoms with Gasteiger partial charge in [0.25, 0.3) is 0 Å². The molecule has 58 valence electrons. The lowest BCUT2D eigenvalue weighted by Gasteiger charge is -2.28. The smallest absolute Gasteiger partial charge is 0.00153 e. The van der Waals surface area contributed by atoms with Gasteiger partial charge in [-0.25, -0.2) is 0 Å². The Morgan fingerprint density at radius 2 is 2.20 bits per heavy atom. The largest absolute Gasteiger partial charge is 0.316 e. The Morgan fingerprint density at radius 3 is 2.70 bits per heavy atom. The van der Waals surface area contributed by atoms with Gasteiger partial charge in [-0.3, -0.25) is 0 Å². The van der Waals surface area contributed by atoms with E-state index in [1.54, 1.807) is 0 Å². The van der Waals surface area contributed by atoms with Crippen LogP contribution in [-0.2, 0) is 0 Å². The molecule has 2 aliphatic rings. The standard InChI is InChI=1S/C9H17N/c1-9(4-5-9)8-3-2-6-10-7-8/h8,10H,2-7H2,1H3. The van der Waals surface area contributed by atoms with Crippen molar-refractivity contribution in [1.82, 2.24) is 5.32 Å². The Balaban J connectivity index is 1.91. The average Bonchev–Trinajstić information content (AvgIpc) is 2.72. The summed E-state index contributed by atoms with van der Waals surface area (Å²) in [6.07, 6.45) is 5.85. The van der Waals surface area contributed by atoms with Crippen molar-refractivity contribution in [3.8, 4) is 0 Å². The van der Waals surface area contributed by atoms with Gasteiger partial charge in [-0.2, -0.15) is 0 Å². The first-order valence-corrected chi connectivity index (χ1v) is 4.52. The summed E-state index contributed by atoms with van der Waals surface area (Å²) in [7, 11) is 0. The van der Waals surface area contributed by atoms with Crippen LogP contribution in [0.15, 0.2) is 0 Å². The van der Waals surface area contributed by atoms with Gasteiger partial charge < -0.3 is 5.32 Å². The molecule has 0 amide bonds. The van der Waals surface area contributed by atoms with E-state index in [9.17, 15) is 0 Å². The number of hydrogen-bond acceptors (Lipinski definition) is 1. The predicted molar refractivity (Wildman–Crippen MR) is 42.9 cm³/mol. The molecule has 1 nitrogen and oxygen atoms in total. The topological polar surface area (TPSA) is 12.0 Å². The number of piperidine rings is 1. The van der Waals surface area contributed by atoms with Crippen molar-refractivity contribution in [3.63, 3.8) is 0 Å². The Labute approximate surface area is 63.2 Å². The first-order chi connectivity index (χ1) is 4.81. The highest BCUT2D eigenvalue weighted by atomic mass is 14.9. The molecule has 1 saturated carbocycles. The fraction of sp³-hybridized carbons (Fsp3) is 1.00. The Hall–Kier alpha value is -0.0400. The van der Waals surface area contributed by atoms with E-state index in [1.807, 2.05) is 0 Å². The highest BCUT2D eigenvalue weighted by Crippen LogP contribution is 2.53. The second-order valence-electron chi connectivity index (χ2n) is 4.20. The second-order valence-corrected chi connectivity index (χ2v) is 4.20. The van der Waals surface area contributed by atoms with Crippen molar-refractivity contribution in [3.05, 3.63) is 0 Å². The molecule has 1 heterocycles. The zero-order valence-corrected chi connectivity index (χ0v) is 6.82. The second kappa shape index (κ2) is 2.23. The molecule has 1 atom stereocenters. The van der Waals surface area contributed by atoms with E-state index in [1.165, 1.54) is 38.8 Å². The van der Waals surface area contributed by atoms with Crippen LogP contribution in [0.25, 0.3) is 0 Å². The molecule has 0 radical (unpaired) electrons. The van der Waals surface area contributed by atoms with Gasteiger partial charge in [-0.05, 0) is 50.1 Å². The van der Waals surface area contributed by atoms with Gasteiger partial charge in [0.1, 0.15) is 0 Å². The molecular formula is C9H17N. The lowest BCUT2D eigenvalue weighted by atomic mass is 9.85. The van der Waals surface area contributed by atoms with Crippen molar-refractivity contribution in [2.24, 2.45) is 11.3 Å². The average molecular weight is 139 g/mol. The molecule has 1 aliphatic heterocycles. The predicted octanol–water partition coefficient (Wildman–Crippen LogP) is 1.79. The molecule has 1 heteroatoms. The highest BCUT2D eigenvalue weighted by Gasteiger charge is 2.44. The van der Waals surface area contributed by atoms with Crippen LogP contribution in [0.2, 0.25) is 0 Å². The Kier molecular flexibility index (Phi) is 1.48. The first kappa shape index (κ1) is 6.66. The third-order valence-electron chi connectivity index (χ3n) is 3.32. The van der Waals surface area contributed by atoms with Gasteiger partial charge in [0.2, 0.25) is 0 Å². The fourth-order valence-corrected chi connectivity index (χ4v) is 2.05. The molecule has 2 rings (SSSR count). The Morgan fingerprint density at radius 1 is 1.40 bits per heavy atom. The molecule has 1 unspecified atom stereocenters. The van der Waals surface area contributed by atoms with Gasteiger partial charge in [-0.1, -0.05) is 6.92 Å². The molecule has 2 fully saturated rings. The number of nitrogens with one attached hydrogen (secondary N) is 1. The van der Waals surface area contributed by atoms with E-state index >= 15 is 0 Å². The summed E-state index contributed by atoms with van der Waals surface area (Å²) in [6, 6.07) is 0. The summed E-state index contributed by atoms with van der Waals surface area (Å²) in [5, 5.41) is 3.48. The van der Waals surface area contributed by atoms with Gasteiger partial charge in [0.05, 0.1) is 0 Å². The molecule has 1 saturated heterocycles. The summed E-state index contributed by atoms with van der Waals surface area (Å²) in [4.78, 5) is 0. The molecule has 0 aromatic carbocycles. The minimum atomic E-state index is 0.757. The summed E-state index contributed by atoms with van der Waals surface area (Å²) in [5.74, 6) is 1.00. The first-order valence-electron chi connectivity index (χ1n) is 4.52. The maximum Gasteiger partial charge on any atom is -0.00153 e. The molecule has 1 aliphatic carbocycles. The van der Waals surface area contributed by atoms with Crippen LogP contribution < -0.4 is 5.32 Å². The van der Waals surface area contributed by atoms with E-state index in [0.29, 0.717) is 0 Å². The van der Waals surface area contributed by atoms with Crippen LogP contribution in [0.3, 0.4) is 0 Å². The normalized spacial score (nSPS) is 37.5. The third kappa shape index (κ3) is 1.07. The van der Waals surface area contributed by atoms with E-state index in [2.05, 4.69) is 12.2 Å².